The highest BCUT2D eigenvalue weighted by Gasteiger charge is 2.41. The van der Waals surface area contributed by atoms with Crippen molar-refractivity contribution in [3.05, 3.63) is 0 Å². The predicted molar refractivity (Wildman–Crippen MR) is 91.0 cm³/mol. The van der Waals surface area contributed by atoms with Gasteiger partial charge in [0, 0.05) is 32.6 Å². The largest absolute Gasteiger partial charge is 0.357 e. The Hall–Kier alpha value is -1.26. The molecule has 1 aliphatic carbocycles. The maximum atomic E-state index is 11.7. The SMILES string of the molecule is CCCNC(=O)CCN=C(NCC)N1CCC2(CCCC2)C1. The van der Waals surface area contributed by atoms with Crippen LogP contribution < -0.4 is 10.6 Å². The molecule has 1 heterocycles. The molecule has 2 rings (SSSR count). The van der Waals surface area contributed by atoms with Crippen LogP contribution >= 0.6 is 0 Å². The van der Waals surface area contributed by atoms with Gasteiger partial charge in [0.25, 0.3) is 0 Å². The Kier molecular flexibility index (Phi) is 6.52. The zero-order chi connectivity index (χ0) is 15.8. The summed E-state index contributed by atoms with van der Waals surface area (Å²) in [7, 11) is 0. The van der Waals surface area contributed by atoms with Crippen molar-refractivity contribution in [2.45, 2.75) is 58.8 Å². The molecule has 0 aromatic rings. The normalized spacial score (nSPS) is 20.6. The molecule has 0 radical (unpaired) electrons. The molecular weight excluding hydrogens is 276 g/mol. The molecule has 0 aromatic heterocycles. The maximum Gasteiger partial charge on any atom is 0.221 e. The summed E-state index contributed by atoms with van der Waals surface area (Å²) in [6, 6.07) is 0. The number of hydrogen-bond acceptors (Lipinski definition) is 2. The fourth-order valence-electron chi connectivity index (χ4n) is 3.69. The molecule has 126 valence electrons. The van der Waals surface area contributed by atoms with E-state index in [4.69, 9.17) is 0 Å². The third kappa shape index (κ3) is 4.62. The molecule has 5 nitrogen and oxygen atoms in total. The summed E-state index contributed by atoms with van der Waals surface area (Å²) in [5.74, 6) is 1.10. The van der Waals surface area contributed by atoms with Crippen LogP contribution in [0.4, 0.5) is 0 Å². The van der Waals surface area contributed by atoms with E-state index in [1.54, 1.807) is 0 Å². The second kappa shape index (κ2) is 8.39. The van der Waals surface area contributed by atoms with Crippen molar-refractivity contribution in [3.63, 3.8) is 0 Å². The number of hydrogen-bond donors (Lipinski definition) is 2. The van der Waals surface area contributed by atoms with E-state index in [1.165, 1.54) is 32.1 Å². The zero-order valence-electron chi connectivity index (χ0n) is 14.3. The van der Waals surface area contributed by atoms with Gasteiger partial charge < -0.3 is 15.5 Å². The predicted octanol–water partition coefficient (Wildman–Crippen LogP) is 2.13. The summed E-state index contributed by atoms with van der Waals surface area (Å²) >= 11 is 0. The quantitative estimate of drug-likeness (QED) is 0.584. The van der Waals surface area contributed by atoms with Gasteiger partial charge in [0.15, 0.2) is 5.96 Å². The number of carbonyl (C=O) groups excluding carboxylic acids is 1. The average Bonchev–Trinajstić information content (AvgIpc) is 3.15. The molecule has 1 spiro atoms. The highest BCUT2D eigenvalue weighted by molar-refractivity contribution is 5.81. The van der Waals surface area contributed by atoms with Crippen LogP contribution in [0.3, 0.4) is 0 Å². The lowest BCUT2D eigenvalue weighted by Gasteiger charge is -2.25. The minimum Gasteiger partial charge on any atom is -0.357 e. The lowest BCUT2D eigenvalue weighted by Crippen LogP contribution is -2.41. The summed E-state index contributed by atoms with van der Waals surface area (Å²) in [6.45, 7) is 8.62. The minimum absolute atomic E-state index is 0.107. The topological polar surface area (TPSA) is 56.7 Å². The molecule has 0 aromatic carbocycles. The Labute approximate surface area is 134 Å². The van der Waals surface area contributed by atoms with Crippen LogP contribution in [-0.2, 0) is 4.79 Å². The van der Waals surface area contributed by atoms with Crippen LogP contribution in [0, 0.1) is 5.41 Å². The first-order valence-corrected chi connectivity index (χ1v) is 8.99. The van der Waals surface area contributed by atoms with Crippen molar-refractivity contribution in [2.75, 3.05) is 32.7 Å². The van der Waals surface area contributed by atoms with Crippen LogP contribution in [0.5, 0.6) is 0 Å². The maximum absolute atomic E-state index is 11.7. The van der Waals surface area contributed by atoms with Gasteiger partial charge in [0.2, 0.25) is 5.91 Å². The fraction of sp³-hybridized carbons (Fsp3) is 0.882. The van der Waals surface area contributed by atoms with Gasteiger partial charge >= 0.3 is 0 Å². The number of rotatable bonds is 6. The molecule has 22 heavy (non-hydrogen) atoms. The molecule has 0 atom stereocenters. The smallest absolute Gasteiger partial charge is 0.221 e. The third-order valence-corrected chi connectivity index (χ3v) is 4.91. The molecule has 2 aliphatic rings. The monoisotopic (exact) mass is 308 g/mol. The van der Waals surface area contributed by atoms with E-state index in [0.717, 1.165) is 38.6 Å². The van der Waals surface area contributed by atoms with Crippen LogP contribution in [0.2, 0.25) is 0 Å². The molecule has 2 fully saturated rings. The van der Waals surface area contributed by atoms with E-state index >= 15 is 0 Å². The average molecular weight is 308 g/mol. The first-order valence-electron chi connectivity index (χ1n) is 8.99. The van der Waals surface area contributed by atoms with E-state index in [-0.39, 0.29) is 5.91 Å². The van der Waals surface area contributed by atoms with Gasteiger partial charge in [0.1, 0.15) is 0 Å². The highest BCUT2D eigenvalue weighted by atomic mass is 16.1. The Morgan fingerprint density at radius 1 is 1.18 bits per heavy atom. The van der Waals surface area contributed by atoms with E-state index in [0.29, 0.717) is 18.4 Å². The second-order valence-electron chi connectivity index (χ2n) is 6.71. The highest BCUT2D eigenvalue weighted by Crippen LogP contribution is 2.45. The van der Waals surface area contributed by atoms with Gasteiger partial charge in [-0.3, -0.25) is 9.79 Å². The molecule has 2 N–H and O–H groups in total. The standard InChI is InChI=1S/C17H32N4O/c1-3-11-19-15(22)7-12-20-16(18-4-2)21-13-10-17(14-21)8-5-6-9-17/h3-14H2,1-2H3,(H,18,20)(H,19,22). The third-order valence-electron chi connectivity index (χ3n) is 4.91. The lowest BCUT2D eigenvalue weighted by atomic mass is 9.86. The van der Waals surface area contributed by atoms with Crippen LogP contribution in [-0.4, -0.2) is 49.5 Å². The number of amides is 1. The van der Waals surface area contributed by atoms with E-state index in [2.05, 4.69) is 34.4 Å². The molecule has 0 unspecified atom stereocenters. The Morgan fingerprint density at radius 3 is 2.64 bits per heavy atom. The summed E-state index contributed by atoms with van der Waals surface area (Å²) in [4.78, 5) is 18.7. The molecule has 1 aliphatic heterocycles. The van der Waals surface area contributed by atoms with Crippen LogP contribution in [0.1, 0.15) is 58.8 Å². The summed E-state index contributed by atoms with van der Waals surface area (Å²) in [5.41, 5.74) is 0.550. The first kappa shape index (κ1) is 17.1. The molecule has 1 amide bonds. The van der Waals surface area contributed by atoms with Gasteiger partial charge in [-0.05, 0) is 38.0 Å². The number of aliphatic imine (C=N–C) groups is 1. The molecule has 5 heteroatoms. The van der Waals surface area contributed by atoms with Crippen LogP contribution in [0.15, 0.2) is 4.99 Å². The minimum atomic E-state index is 0.107. The second-order valence-corrected chi connectivity index (χ2v) is 6.71. The van der Waals surface area contributed by atoms with E-state index in [9.17, 15) is 4.79 Å². The summed E-state index contributed by atoms with van der Waals surface area (Å²) in [5, 5.41) is 6.30. The van der Waals surface area contributed by atoms with Gasteiger partial charge in [-0.15, -0.1) is 0 Å². The Bertz CT molecular complexity index is 388. The van der Waals surface area contributed by atoms with Crippen molar-refractivity contribution < 1.29 is 4.79 Å². The fourth-order valence-corrected chi connectivity index (χ4v) is 3.69. The number of nitrogens with one attached hydrogen (secondary N) is 2. The van der Waals surface area contributed by atoms with Crippen molar-refractivity contribution in [1.82, 2.24) is 15.5 Å². The molecule has 1 saturated carbocycles. The number of carbonyl (C=O) groups is 1. The number of likely N-dealkylation sites (tertiary alicyclic amines) is 1. The number of guanidine groups is 1. The van der Waals surface area contributed by atoms with E-state index < -0.39 is 0 Å². The first-order chi connectivity index (χ1) is 10.7. The molecule has 0 bridgehead atoms. The summed E-state index contributed by atoms with van der Waals surface area (Å²) < 4.78 is 0. The molecule has 1 saturated heterocycles. The van der Waals surface area contributed by atoms with Gasteiger partial charge in [-0.2, -0.15) is 0 Å². The zero-order valence-corrected chi connectivity index (χ0v) is 14.3. The van der Waals surface area contributed by atoms with E-state index in [1.807, 2.05) is 0 Å². The van der Waals surface area contributed by atoms with Crippen molar-refractivity contribution in [2.24, 2.45) is 10.4 Å². The molecular formula is C17H32N4O. The van der Waals surface area contributed by atoms with Gasteiger partial charge in [0.05, 0.1) is 6.54 Å². The van der Waals surface area contributed by atoms with Crippen molar-refractivity contribution >= 4 is 11.9 Å². The Balaban J connectivity index is 1.84. The Morgan fingerprint density at radius 2 is 1.95 bits per heavy atom. The summed E-state index contributed by atoms with van der Waals surface area (Å²) in [6.07, 6.45) is 8.29. The van der Waals surface area contributed by atoms with Crippen molar-refractivity contribution in [1.29, 1.82) is 0 Å². The van der Waals surface area contributed by atoms with Crippen molar-refractivity contribution in [3.8, 4) is 0 Å². The van der Waals surface area contributed by atoms with Gasteiger partial charge in [-0.1, -0.05) is 19.8 Å². The number of nitrogens with zero attached hydrogens (tertiary/aromatic N) is 2. The lowest BCUT2D eigenvalue weighted by molar-refractivity contribution is -0.120. The van der Waals surface area contributed by atoms with Crippen LogP contribution in [0.25, 0.3) is 0 Å². The van der Waals surface area contributed by atoms with Gasteiger partial charge in [-0.25, -0.2) is 0 Å².